The molecule has 0 bridgehead atoms. The molecule has 15 heavy (non-hydrogen) atoms. The lowest BCUT2D eigenvalue weighted by Crippen LogP contribution is -2.29. The summed E-state index contributed by atoms with van der Waals surface area (Å²) in [7, 11) is 0. The standard InChI is InChI=1S/C13H17NO/c1-4-12(5-2)14-10(3)11-7-6-8-13(15)9-11/h1,6-10,12,14-15H,5H2,2-3H3. The fraction of sp³-hybridized carbons (Fsp3) is 0.385. The summed E-state index contributed by atoms with van der Waals surface area (Å²) in [4.78, 5) is 0. The number of phenols is 1. The highest BCUT2D eigenvalue weighted by Gasteiger charge is 2.09. The predicted octanol–water partition coefficient (Wildman–Crippen LogP) is 2.45. The van der Waals surface area contributed by atoms with E-state index in [9.17, 15) is 5.11 Å². The summed E-state index contributed by atoms with van der Waals surface area (Å²) >= 11 is 0. The molecule has 0 saturated carbocycles. The SMILES string of the molecule is C#CC(CC)NC(C)c1cccc(O)c1. The lowest BCUT2D eigenvalue weighted by atomic mass is 10.1. The summed E-state index contributed by atoms with van der Waals surface area (Å²) in [6.45, 7) is 4.08. The van der Waals surface area contributed by atoms with Crippen LogP contribution in [0.25, 0.3) is 0 Å². The minimum atomic E-state index is 0.0855. The second-order valence-corrected chi connectivity index (χ2v) is 3.61. The van der Waals surface area contributed by atoms with Crippen molar-refractivity contribution in [3.8, 4) is 18.1 Å². The molecule has 2 unspecified atom stereocenters. The molecule has 0 radical (unpaired) electrons. The fourth-order valence-corrected chi connectivity index (χ4v) is 1.48. The molecular weight excluding hydrogens is 186 g/mol. The Kier molecular flexibility index (Phi) is 4.20. The van der Waals surface area contributed by atoms with Crippen LogP contribution < -0.4 is 5.32 Å². The van der Waals surface area contributed by atoms with Crippen molar-refractivity contribution >= 4 is 0 Å². The number of hydrogen-bond donors (Lipinski definition) is 2. The number of nitrogens with one attached hydrogen (secondary N) is 1. The van der Waals surface area contributed by atoms with Gasteiger partial charge in [-0.25, -0.2) is 0 Å². The van der Waals surface area contributed by atoms with Gasteiger partial charge in [-0.2, -0.15) is 0 Å². The molecule has 2 nitrogen and oxygen atoms in total. The Morgan fingerprint density at radius 2 is 2.27 bits per heavy atom. The maximum absolute atomic E-state index is 9.34. The van der Waals surface area contributed by atoms with E-state index in [4.69, 9.17) is 6.42 Å². The number of terminal acetylenes is 1. The van der Waals surface area contributed by atoms with Crippen molar-refractivity contribution < 1.29 is 5.11 Å². The Hall–Kier alpha value is -1.46. The zero-order valence-corrected chi connectivity index (χ0v) is 9.20. The molecule has 1 rings (SSSR count). The Bertz CT molecular complexity index is 354. The van der Waals surface area contributed by atoms with E-state index in [-0.39, 0.29) is 17.8 Å². The van der Waals surface area contributed by atoms with Crippen LogP contribution in [0.3, 0.4) is 0 Å². The van der Waals surface area contributed by atoms with E-state index in [2.05, 4.69) is 11.2 Å². The predicted molar refractivity (Wildman–Crippen MR) is 62.6 cm³/mol. The van der Waals surface area contributed by atoms with Crippen molar-refractivity contribution in [1.29, 1.82) is 0 Å². The molecule has 2 atom stereocenters. The van der Waals surface area contributed by atoms with Gasteiger partial charge in [-0.3, -0.25) is 5.32 Å². The number of hydrogen-bond acceptors (Lipinski definition) is 2. The maximum Gasteiger partial charge on any atom is 0.115 e. The first-order valence-electron chi connectivity index (χ1n) is 5.18. The van der Waals surface area contributed by atoms with Crippen LogP contribution in [0, 0.1) is 12.3 Å². The number of phenolic OH excluding ortho intramolecular Hbond substituents is 1. The van der Waals surface area contributed by atoms with Gasteiger partial charge >= 0.3 is 0 Å². The summed E-state index contributed by atoms with van der Waals surface area (Å²) in [6, 6.07) is 7.45. The van der Waals surface area contributed by atoms with Crippen molar-refractivity contribution in [3.63, 3.8) is 0 Å². The molecule has 0 aliphatic carbocycles. The molecule has 2 N–H and O–H groups in total. The molecule has 0 aliphatic heterocycles. The number of rotatable bonds is 4. The topological polar surface area (TPSA) is 32.3 Å². The van der Waals surface area contributed by atoms with Gasteiger partial charge in [0, 0.05) is 6.04 Å². The monoisotopic (exact) mass is 203 g/mol. The summed E-state index contributed by atoms with van der Waals surface area (Å²) in [5, 5.41) is 12.7. The normalized spacial score (nSPS) is 14.2. The second kappa shape index (κ2) is 5.43. The van der Waals surface area contributed by atoms with Gasteiger partial charge < -0.3 is 5.11 Å². The van der Waals surface area contributed by atoms with Gasteiger partial charge in [0.1, 0.15) is 5.75 Å². The summed E-state index contributed by atoms with van der Waals surface area (Å²) in [6.07, 6.45) is 6.28. The van der Waals surface area contributed by atoms with Crippen molar-refractivity contribution in [3.05, 3.63) is 29.8 Å². The third-order valence-electron chi connectivity index (χ3n) is 2.43. The van der Waals surface area contributed by atoms with Crippen molar-refractivity contribution in [1.82, 2.24) is 5.32 Å². The van der Waals surface area contributed by atoms with Gasteiger partial charge in [0.05, 0.1) is 6.04 Å². The Labute approximate surface area is 91.3 Å². The molecule has 2 heteroatoms. The van der Waals surface area contributed by atoms with Gasteiger partial charge in [0.25, 0.3) is 0 Å². The van der Waals surface area contributed by atoms with Crippen LogP contribution in [-0.2, 0) is 0 Å². The highest BCUT2D eigenvalue weighted by molar-refractivity contribution is 5.29. The first kappa shape index (κ1) is 11.6. The number of benzene rings is 1. The van der Waals surface area contributed by atoms with Crippen LogP contribution in [0.4, 0.5) is 0 Å². The molecule has 0 aromatic heterocycles. The third kappa shape index (κ3) is 3.30. The molecule has 80 valence electrons. The second-order valence-electron chi connectivity index (χ2n) is 3.61. The average molecular weight is 203 g/mol. The molecule has 0 amide bonds. The molecular formula is C13H17NO. The molecule has 0 heterocycles. The summed E-state index contributed by atoms with van der Waals surface area (Å²) in [5.41, 5.74) is 1.05. The van der Waals surface area contributed by atoms with E-state index in [1.165, 1.54) is 0 Å². The van der Waals surface area contributed by atoms with E-state index in [0.717, 1.165) is 12.0 Å². The quantitative estimate of drug-likeness (QED) is 0.737. The smallest absolute Gasteiger partial charge is 0.115 e. The van der Waals surface area contributed by atoms with Crippen LogP contribution in [0.2, 0.25) is 0 Å². The van der Waals surface area contributed by atoms with Crippen LogP contribution in [0.5, 0.6) is 5.75 Å². The van der Waals surface area contributed by atoms with Gasteiger partial charge in [-0.15, -0.1) is 6.42 Å². The number of aromatic hydroxyl groups is 1. The van der Waals surface area contributed by atoms with Crippen molar-refractivity contribution in [2.45, 2.75) is 32.4 Å². The zero-order chi connectivity index (χ0) is 11.3. The molecule has 0 fully saturated rings. The Morgan fingerprint density at radius 3 is 2.80 bits per heavy atom. The van der Waals surface area contributed by atoms with Crippen LogP contribution >= 0.6 is 0 Å². The van der Waals surface area contributed by atoms with E-state index in [1.807, 2.05) is 26.0 Å². The van der Waals surface area contributed by atoms with E-state index in [0.29, 0.717) is 0 Å². The molecule has 1 aromatic carbocycles. The first-order valence-corrected chi connectivity index (χ1v) is 5.18. The average Bonchev–Trinajstić information content (AvgIpc) is 2.25. The van der Waals surface area contributed by atoms with E-state index < -0.39 is 0 Å². The molecule has 0 spiro atoms. The highest BCUT2D eigenvalue weighted by Crippen LogP contribution is 2.18. The third-order valence-corrected chi connectivity index (χ3v) is 2.43. The highest BCUT2D eigenvalue weighted by atomic mass is 16.3. The first-order chi connectivity index (χ1) is 7.17. The van der Waals surface area contributed by atoms with Gasteiger partial charge in [0.2, 0.25) is 0 Å². The minimum absolute atomic E-state index is 0.0855. The van der Waals surface area contributed by atoms with Gasteiger partial charge in [0.15, 0.2) is 0 Å². The zero-order valence-electron chi connectivity index (χ0n) is 9.20. The van der Waals surface area contributed by atoms with E-state index >= 15 is 0 Å². The lowest BCUT2D eigenvalue weighted by molar-refractivity contribution is 0.469. The summed E-state index contributed by atoms with van der Waals surface area (Å²) < 4.78 is 0. The Balaban J connectivity index is 2.69. The summed E-state index contributed by atoms with van der Waals surface area (Å²) in [5.74, 6) is 2.98. The molecule has 1 aromatic rings. The Morgan fingerprint density at radius 1 is 1.53 bits per heavy atom. The fourth-order valence-electron chi connectivity index (χ4n) is 1.48. The maximum atomic E-state index is 9.34. The largest absolute Gasteiger partial charge is 0.508 e. The van der Waals surface area contributed by atoms with E-state index in [1.54, 1.807) is 12.1 Å². The van der Waals surface area contributed by atoms with Gasteiger partial charge in [-0.05, 0) is 31.0 Å². The van der Waals surface area contributed by atoms with Crippen molar-refractivity contribution in [2.24, 2.45) is 0 Å². The van der Waals surface area contributed by atoms with Crippen molar-refractivity contribution in [2.75, 3.05) is 0 Å². The molecule has 0 saturated heterocycles. The van der Waals surface area contributed by atoms with Crippen LogP contribution in [0.1, 0.15) is 31.9 Å². The lowest BCUT2D eigenvalue weighted by Gasteiger charge is -2.18. The molecule has 0 aliphatic rings. The minimum Gasteiger partial charge on any atom is -0.508 e. The van der Waals surface area contributed by atoms with Crippen LogP contribution in [0.15, 0.2) is 24.3 Å². The van der Waals surface area contributed by atoms with Gasteiger partial charge in [-0.1, -0.05) is 25.0 Å². The van der Waals surface area contributed by atoms with Crippen LogP contribution in [-0.4, -0.2) is 11.1 Å².